The van der Waals surface area contributed by atoms with Crippen molar-refractivity contribution in [3.05, 3.63) is 24.0 Å². The number of piperidine rings is 1. The second-order valence-electron chi connectivity index (χ2n) is 4.65. The second-order valence-corrected chi connectivity index (χ2v) is 4.65. The summed E-state index contributed by atoms with van der Waals surface area (Å²) in [5.41, 5.74) is 1.74. The van der Waals surface area contributed by atoms with Crippen LogP contribution in [-0.2, 0) is 4.79 Å². The third-order valence-corrected chi connectivity index (χ3v) is 3.07. The topological polar surface area (TPSA) is 54.0 Å². The number of hydrogen-bond acceptors (Lipinski definition) is 3. The number of hydrogen-bond donors (Lipinski definition) is 2. The van der Waals surface area contributed by atoms with Gasteiger partial charge in [0.15, 0.2) is 0 Å². The van der Waals surface area contributed by atoms with Gasteiger partial charge >= 0.3 is 0 Å². The molecule has 1 amide bonds. The number of nitrogens with one attached hydrogen (secondary N) is 2. The lowest BCUT2D eigenvalue weighted by atomic mass is 9.96. The van der Waals surface area contributed by atoms with Crippen LogP contribution in [0.4, 0.5) is 5.69 Å². The molecule has 0 aromatic carbocycles. The van der Waals surface area contributed by atoms with Crippen molar-refractivity contribution in [3.8, 4) is 0 Å². The van der Waals surface area contributed by atoms with Gasteiger partial charge < -0.3 is 10.6 Å². The molecule has 1 aliphatic heterocycles. The number of aromatic nitrogens is 1. The maximum Gasteiger partial charge on any atom is 0.224 e. The third kappa shape index (κ3) is 3.82. The summed E-state index contributed by atoms with van der Waals surface area (Å²) in [5, 5.41) is 6.21. The minimum atomic E-state index is 0.0874. The third-order valence-electron chi connectivity index (χ3n) is 3.07. The number of aryl methyl sites for hydroxylation is 1. The highest BCUT2D eigenvalue weighted by molar-refractivity contribution is 5.90. The van der Waals surface area contributed by atoms with Crippen LogP contribution in [0.25, 0.3) is 0 Å². The fourth-order valence-electron chi connectivity index (χ4n) is 2.11. The van der Waals surface area contributed by atoms with Gasteiger partial charge in [0.25, 0.3) is 0 Å². The van der Waals surface area contributed by atoms with Crippen molar-refractivity contribution in [1.29, 1.82) is 0 Å². The number of nitrogens with zero attached hydrogens (tertiary/aromatic N) is 1. The van der Waals surface area contributed by atoms with E-state index in [0.717, 1.165) is 30.9 Å². The Labute approximate surface area is 102 Å². The lowest BCUT2D eigenvalue weighted by molar-refractivity contribution is -0.117. The monoisotopic (exact) mass is 233 g/mol. The molecule has 0 spiro atoms. The molecule has 0 aliphatic carbocycles. The smallest absolute Gasteiger partial charge is 0.224 e. The first-order valence-corrected chi connectivity index (χ1v) is 6.17. The summed E-state index contributed by atoms with van der Waals surface area (Å²) in [6.07, 6.45) is 4.61. The van der Waals surface area contributed by atoms with Gasteiger partial charge in [0, 0.05) is 12.1 Å². The molecule has 4 heteroatoms. The summed E-state index contributed by atoms with van der Waals surface area (Å²) < 4.78 is 0. The molecule has 92 valence electrons. The number of amides is 1. The molecule has 2 heterocycles. The Bertz CT molecular complexity index is 369. The second kappa shape index (κ2) is 5.77. The van der Waals surface area contributed by atoms with Gasteiger partial charge in [-0.05, 0) is 50.9 Å². The molecule has 17 heavy (non-hydrogen) atoms. The zero-order valence-corrected chi connectivity index (χ0v) is 10.2. The molecule has 1 aromatic heterocycles. The van der Waals surface area contributed by atoms with Crippen molar-refractivity contribution >= 4 is 11.6 Å². The van der Waals surface area contributed by atoms with E-state index < -0.39 is 0 Å². The van der Waals surface area contributed by atoms with Crippen LogP contribution < -0.4 is 10.6 Å². The lowest BCUT2D eigenvalue weighted by Gasteiger charge is -2.22. The number of pyridine rings is 1. The van der Waals surface area contributed by atoms with E-state index >= 15 is 0 Å². The molecular weight excluding hydrogens is 214 g/mol. The Morgan fingerprint density at radius 2 is 2.47 bits per heavy atom. The first kappa shape index (κ1) is 12.0. The Balaban J connectivity index is 1.82. The molecule has 1 saturated heterocycles. The molecule has 1 unspecified atom stereocenters. The van der Waals surface area contributed by atoms with Gasteiger partial charge in [-0.25, -0.2) is 0 Å². The van der Waals surface area contributed by atoms with E-state index in [1.54, 1.807) is 6.20 Å². The van der Waals surface area contributed by atoms with Gasteiger partial charge in [-0.3, -0.25) is 9.78 Å². The zero-order chi connectivity index (χ0) is 12.1. The maximum absolute atomic E-state index is 11.8. The summed E-state index contributed by atoms with van der Waals surface area (Å²) in [4.78, 5) is 16.0. The highest BCUT2D eigenvalue weighted by atomic mass is 16.1. The number of anilines is 1. The number of carbonyl (C=O) groups is 1. The van der Waals surface area contributed by atoms with Crippen LogP contribution in [0, 0.1) is 12.8 Å². The standard InChI is InChI=1S/C13H19N3O/c1-10-4-5-12(9-15-10)16-13(17)7-11-3-2-6-14-8-11/h4-5,9,11,14H,2-3,6-8H2,1H3,(H,16,17). The van der Waals surface area contributed by atoms with E-state index in [9.17, 15) is 4.79 Å². The van der Waals surface area contributed by atoms with Crippen molar-refractivity contribution in [2.75, 3.05) is 18.4 Å². The molecule has 1 aliphatic rings. The van der Waals surface area contributed by atoms with Crippen LogP contribution in [-0.4, -0.2) is 24.0 Å². The Morgan fingerprint density at radius 1 is 1.59 bits per heavy atom. The molecule has 0 radical (unpaired) electrons. The zero-order valence-electron chi connectivity index (χ0n) is 10.2. The fraction of sp³-hybridized carbons (Fsp3) is 0.538. The minimum absolute atomic E-state index is 0.0874. The van der Waals surface area contributed by atoms with Gasteiger partial charge in [0.1, 0.15) is 0 Å². The van der Waals surface area contributed by atoms with Crippen LogP contribution in [0.2, 0.25) is 0 Å². The van der Waals surface area contributed by atoms with Gasteiger partial charge in [0.2, 0.25) is 5.91 Å². The predicted molar refractivity (Wildman–Crippen MR) is 67.8 cm³/mol. The molecule has 1 atom stereocenters. The van der Waals surface area contributed by atoms with E-state index in [1.165, 1.54) is 6.42 Å². The average molecular weight is 233 g/mol. The van der Waals surface area contributed by atoms with Crippen molar-refractivity contribution in [3.63, 3.8) is 0 Å². The summed E-state index contributed by atoms with van der Waals surface area (Å²) in [5.74, 6) is 0.562. The number of carbonyl (C=O) groups excluding carboxylic acids is 1. The Hall–Kier alpha value is -1.42. The molecule has 2 N–H and O–H groups in total. The maximum atomic E-state index is 11.8. The van der Waals surface area contributed by atoms with Crippen LogP contribution in [0.15, 0.2) is 18.3 Å². The van der Waals surface area contributed by atoms with E-state index in [1.807, 2.05) is 19.1 Å². The molecular formula is C13H19N3O. The summed E-state index contributed by atoms with van der Waals surface area (Å²) in [6.45, 7) is 3.97. The predicted octanol–water partition coefficient (Wildman–Crippen LogP) is 1.72. The molecule has 2 rings (SSSR count). The van der Waals surface area contributed by atoms with Crippen molar-refractivity contribution in [1.82, 2.24) is 10.3 Å². The first-order chi connectivity index (χ1) is 8.24. The van der Waals surface area contributed by atoms with Crippen LogP contribution in [0.5, 0.6) is 0 Å². The van der Waals surface area contributed by atoms with Crippen LogP contribution in [0.3, 0.4) is 0 Å². The van der Waals surface area contributed by atoms with Crippen LogP contribution in [0.1, 0.15) is 25.0 Å². The fourth-order valence-corrected chi connectivity index (χ4v) is 2.11. The Kier molecular flexibility index (Phi) is 4.09. The first-order valence-electron chi connectivity index (χ1n) is 6.17. The molecule has 4 nitrogen and oxygen atoms in total. The molecule has 0 saturated carbocycles. The summed E-state index contributed by atoms with van der Waals surface area (Å²) in [7, 11) is 0. The highest BCUT2D eigenvalue weighted by Crippen LogP contribution is 2.15. The van der Waals surface area contributed by atoms with E-state index in [0.29, 0.717) is 12.3 Å². The van der Waals surface area contributed by atoms with Crippen LogP contribution >= 0.6 is 0 Å². The van der Waals surface area contributed by atoms with Crippen molar-refractivity contribution in [2.24, 2.45) is 5.92 Å². The van der Waals surface area contributed by atoms with E-state index in [4.69, 9.17) is 0 Å². The minimum Gasteiger partial charge on any atom is -0.325 e. The van der Waals surface area contributed by atoms with Gasteiger partial charge in [-0.1, -0.05) is 0 Å². The highest BCUT2D eigenvalue weighted by Gasteiger charge is 2.16. The molecule has 1 fully saturated rings. The quantitative estimate of drug-likeness (QED) is 0.835. The van der Waals surface area contributed by atoms with Gasteiger partial charge in [0.05, 0.1) is 11.9 Å². The van der Waals surface area contributed by atoms with Crippen molar-refractivity contribution < 1.29 is 4.79 Å². The SMILES string of the molecule is Cc1ccc(NC(=O)CC2CCCNC2)cn1. The molecule has 1 aromatic rings. The van der Waals surface area contributed by atoms with Gasteiger partial charge in [-0.2, -0.15) is 0 Å². The number of rotatable bonds is 3. The Morgan fingerprint density at radius 3 is 3.12 bits per heavy atom. The summed E-state index contributed by atoms with van der Waals surface area (Å²) >= 11 is 0. The summed E-state index contributed by atoms with van der Waals surface area (Å²) in [6, 6.07) is 3.79. The van der Waals surface area contributed by atoms with E-state index in [2.05, 4.69) is 15.6 Å². The van der Waals surface area contributed by atoms with Crippen molar-refractivity contribution in [2.45, 2.75) is 26.2 Å². The lowest BCUT2D eigenvalue weighted by Crippen LogP contribution is -2.32. The van der Waals surface area contributed by atoms with Gasteiger partial charge in [-0.15, -0.1) is 0 Å². The molecule has 0 bridgehead atoms. The normalized spacial score (nSPS) is 19.9. The van der Waals surface area contributed by atoms with E-state index in [-0.39, 0.29) is 5.91 Å². The average Bonchev–Trinajstić information content (AvgIpc) is 2.33. The largest absolute Gasteiger partial charge is 0.325 e.